The zero-order valence-corrected chi connectivity index (χ0v) is 11.1. The quantitative estimate of drug-likeness (QED) is 0.602. The number of ether oxygens (including phenoxy) is 1. The second-order valence-corrected chi connectivity index (χ2v) is 5.46. The number of hydrogen-bond acceptors (Lipinski definition) is 4. The largest absolute Gasteiger partial charge is 0.493 e. The van der Waals surface area contributed by atoms with Crippen LogP contribution >= 0.6 is 11.8 Å². The Hall–Kier alpha value is -1.56. The summed E-state index contributed by atoms with van der Waals surface area (Å²) >= 11 is 1.63. The van der Waals surface area contributed by atoms with Crippen molar-refractivity contribution in [3.8, 4) is 5.75 Å². The molecule has 1 heterocycles. The van der Waals surface area contributed by atoms with Crippen molar-refractivity contribution in [3.63, 3.8) is 0 Å². The molecule has 0 N–H and O–H groups in total. The van der Waals surface area contributed by atoms with Crippen molar-refractivity contribution in [2.75, 3.05) is 12.4 Å². The van der Waals surface area contributed by atoms with Crippen LogP contribution in [-0.2, 0) is 0 Å². The predicted molar refractivity (Wildman–Crippen MR) is 70.9 cm³/mol. The van der Waals surface area contributed by atoms with Crippen molar-refractivity contribution < 1.29 is 9.13 Å². The van der Waals surface area contributed by atoms with E-state index in [2.05, 4.69) is 14.8 Å². The molecule has 1 fully saturated rings. The van der Waals surface area contributed by atoms with Crippen LogP contribution in [-0.4, -0.2) is 27.1 Å². The van der Waals surface area contributed by atoms with Gasteiger partial charge in [0.2, 0.25) is 0 Å². The first-order valence-electron chi connectivity index (χ1n) is 6.23. The Bertz CT molecular complexity index is 539. The summed E-state index contributed by atoms with van der Waals surface area (Å²) in [6.45, 7) is 0.563. The summed E-state index contributed by atoms with van der Waals surface area (Å²) < 4.78 is 20.4. The van der Waals surface area contributed by atoms with Crippen LogP contribution in [0.2, 0.25) is 0 Å². The maximum Gasteiger partial charge on any atom is 0.191 e. The third kappa shape index (κ3) is 3.26. The second-order valence-electron chi connectivity index (χ2n) is 4.40. The van der Waals surface area contributed by atoms with Crippen molar-refractivity contribution >= 4 is 11.8 Å². The lowest BCUT2D eigenvalue weighted by molar-refractivity contribution is 0.343. The normalized spacial score (nSPS) is 14.6. The first-order chi connectivity index (χ1) is 9.33. The Labute approximate surface area is 115 Å². The molecule has 0 bridgehead atoms. The van der Waals surface area contributed by atoms with Crippen molar-refractivity contribution in [1.82, 2.24) is 14.8 Å². The van der Waals surface area contributed by atoms with Crippen molar-refractivity contribution in [1.29, 1.82) is 0 Å². The lowest BCUT2D eigenvalue weighted by atomic mass is 10.3. The molecule has 6 heteroatoms. The van der Waals surface area contributed by atoms with Gasteiger partial charge in [0.25, 0.3) is 0 Å². The zero-order chi connectivity index (χ0) is 13.1. The summed E-state index contributed by atoms with van der Waals surface area (Å²) in [6, 6.07) is 6.65. The summed E-state index contributed by atoms with van der Waals surface area (Å²) in [7, 11) is 0. The molecule has 0 aliphatic heterocycles. The van der Waals surface area contributed by atoms with Gasteiger partial charge in [0.05, 0.1) is 6.61 Å². The van der Waals surface area contributed by atoms with Gasteiger partial charge in [-0.15, -0.1) is 10.2 Å². The van der Waals surface area contributed by atoms with E-state index in [4.69, 9.17) is 4.74 Å². The minimum Gasteiger partial charge on any atom is -0.493 e. The van der Waals surface area contributed by atoms with Crippen LogP contribution in [0.5, 0.6) is 5.75 Å². The number of rotatable bonds is 6. The summed E-state index contributed by atoms with van der Waals surface area (Å²) in [5.41, 5.74) is 0. The maximum atomic E-state index is 12.7. The Morgan fingerprint density at radius 2 is 2.11 bits per heavy atom. The molecule has 100 valence electrons. The molecule has 0 spiro atoms. The molecule has 0 unspecified atom stereocenters. The third-order valence-corrected chi connectivity index (χ3v) is 3.80. The number of halogens is 1. The van der Waals surface area contributed by atoms with Crippen molar-refractivity contribution in [2.24, 2.45) is 0 Å². The topological polar surface area (TPSA) is 39.9 Å². The van der Waals surface area contributed by atoms with Crippen LogP contribution in [0.3, 0.4) is 0 Å². The standard InChI is InChI=1S/C13H14FN3OS/c14-10-1-5-12(6-2-10)18-7-8-19-13-16-15-9-17(13)11-3-4-11/h1-2,5-6,9,11H,3-4,7-8H2. The van der Waals surface area contributed by atoms with Gasteiger partial charge in [0.15, 0.2) is 5.16 Å². The Kier molecular flexibility index (Phi) is 3.68. The molecule has 1 aromatic carbocycles. The van der Waals surface area contributed by atoms with Crippen LogP contribution in [0.1, 0.15) is 18.9 Å². The molecule has 1 aliphatic rings. The molecule has 4 nitrogen and oxygen atoms in total. The maximum absolute atomic E-state index is 12.7. The lowest BCUT2D eigenvalue weighted by Gasteiger charge is -2.06. The molecule has 1 aromatic heterocycles. The van der Waals surface area contributed by atoms with Crippen molar-refractivity contribution in [3.05, 3.63) is 36.4 Å². The SMILES string of the molecule is Fc1ccc(OCCSc2nncn2C2CC2)cc1. The molecule has 0 amide bonds. The van der Waals surface area contributed by atoms with Gasteiger partial charge in [-0.05, 0) is 37.1 Å². The Morgan fingerprint density at radius 1 is 1.32 bits per heavy atom. The number of aromatic nitrogens is 3. The van der Waals surface area contributed by atoms with E-state index in [-0.39, 0.29) is 5.82 Å². The van der Waals surface area contributed by atoms with Crippen LogP contribution in [0.4, 0.5) is 4.39 Å². The Balaban J connectivity index is 1.45. The molecule has 2 aromatic rings. The smallest absolute Gasteiger partial charge is 0.191 e. The molecule has 0 atom stereocenters. The number of thioether (sulfide) groups is 1. The average molecular weight is 279 g/mol. The van der Waals surface area contributed by atoms with Gasteiger partial charge in [-0.25, -0.2) is 4.39 Å². The average Bonchev–Trinajstić information content (AvgIpc) is 3.16. The van der Waals surface area contributed by atoms with Gasteiger partial charge in [0, 0.05) is 11.8 Å². The van der Waals surface area contributed by atoms with Gasteiger partial charge >= 0.3 is 0 Å². The van der Waals surface area contributed by atoms with Crippen LogP contribution < -0.4 is 4.74 Å². The molecular weight excluding hydrogens is 265 g/mol. The van der Waals surface area contributed by atoms with Gasteiger partial charge in [0.1, 0.15) is 17.9 Å². The highest BCUT2D eigenvalue weighted by molar-refractivity contribution is 7.99. The molecule has 1 aliphatic carbocycles. The molecule has 0 saturated heterocycles. The van der Waals surface area contributed by atoms with Gasteiger partial charge in [-0.1, -0.05) is 11.8 Å². The van der Waals surface area contributed by atoms with E-state index in [9.17, 15) is 4.39 Å². The highest BCUT2D eigenvalue weighted by Crippen LogP contribution is 2.37. The van der Waals surface area contributed by atoms with E-state index >= 15 is 0 Å². The first-order valence-corrected chi connectivity index (χ1v) is 7.22. The van der Waals surface area contributed by atoms with E-state index in [0.717, 1.165) is 10.9 Å². The van der Waals surface area contributed by atoms with Crippen LogP contribution in [0.15, 0.2) is 35.7 Å². The predicted octanol–water partition coefficient (Wildman–Crippen LogP) is 2.92. The molecule has 19 heavy (non-hydrogen) atoms. The molecule has 0 radical (unpaired) electrons. The summed E-state index contributed by atoms with van der Waals surface area (Å²) in [5.74, 6) is 1.23. The second kappa shape index (κ2) is 5.61. The number of nitrogens with zero attached hydrogens (tertiary/aromatic N) is 3. The first kappa shape index (κ1) is 12.5. The fourth-order valence-corrected chi connectivity index (χ4v) is 2.56. The lowest BCUT2D eigenvalue weighted by Crippen LogP contribution is -2.02. The minimum atomic E-state index is -0.251. The minimum absolute atomic E-state index is 0.251. The van der Waals surface area contributed by atoms with E-state index < -0.39 is 0 Å². The summed E-state index contributed by atoms with van der Waals surface area (Å²) in [4.78, 5) is 0. The Morgan fingerprint density at radius 3 is 2.84 bits per heavy atom. The highest BCUT2D eigenvalue weighted by atomic mass is 32.2. The molecule has 3 rings (SSSR count). The highest BCUT2D eigenvalue weighted by Gasteiger charge is 2.26. The molecule has 1 saturated carbocycles. The third-order valence-electron chi connectivity index (χ3n) is 2.88. The van der Waals surface area contributed by atoms with Crippen LogP contribution in [0.25, 0.3) is 0 Å². The number of hydrogen-bond donors (Lipinski definition) is 0. The fourth-order valence-electron chi connectivity index (χ4n) is 1.76. The summed E-state index contributed by atoms with van der Waals surface area (Å²) in [5, 5.41) is 8.99. The van der Waals surface area contributed by atoms with Gasteiger partial charge in [-0.3, -0.25) is 0 Å². The van der Waals surface area contributed by atoms with E-state index in [1.165, 1.54) is 25.0 Å². The van der Waals surface area contributed by atoms with E-state index in [1.54, 1.807) is 30.2 Å². The van der Waals surface area contributed by atoms with Gasteiger partial charge < -0.3 is 9.30 Å². The summed E-state index contributed by atoms with van der Waals surface area (Å²) in [6.07, 6.45) is 4.23. The van der Waals surface area contributed by atoms with Crippen molar-refractivity contribution in [2.45, 2.75) is 24.0 Å². The monoisotopic (exact) mass is 279 g/mol. The number of benzene rings is 1. The molecular formula is C13H14FN3OS. The zero-order valence-electron chi connectivity index (χ0n) is 10.3. The fraction of sp³-hybridized carbons (Fsp3) is 0.385. The van der Waals surface area contributed by atoms with Gasteiger partial charge in [-0.2, -0.15) is 0 Å². The van der Waals surface area contributed by atoms with Crippen LogP contribution in [0, 0.1) is 5.82 Å². The van der Waals surface area contributed by atoms with E-state index in [0.29, 0.717) is 18.4 Å². The van der Waals surface area contributed by atoms with E-state index in [1.807, 2.05) is 0 Å².